The van der Waals surface area contributed by atoms with E-state index in [1.54, 1.807) is 7.11 Å². The van der Waals surface area contributed by atoms with Crippen LogP contribution in [-0.4, -0.2) is 19.3 Å². The fourth-order valence-electron chi connectivity index (χ4n) is 0.461. The lowest BCUT2D eigenvalue weighted by atomic mass is 10.7. The number of methoxy groups -OCH3 is 1. The van der Waals surface area contributed by atoms with Gasteiger partial charge in [-0.05, 0) is 6.42 Å². The molecule has 0 bridgehead atoms. The lowest BCUT2D eigenvalue weighted by Gasteiger charge is -1.85. The Morgan fingerprint density at radius 2 is 2.33 bits per heavy atom. The molecule has 0 spiro atoms. The summed E-state index contributed by atoms with van der Waals surface area (Å²) in [6.07, 6.45) is 1.43. The maximum absolute atomic E-state index is 5.35. The smallest absolute Gasteiger partial charge is 0.0738 e. The van der Waals surface area contributed by atoms with Crippen LogP contribution in [0.4, 0.5) is 0 Å². The fraction of sp³-hybridized carbons (Fsp3) is 1.00. The summed E-state index contributed by atoms with van der Waals surface area (Å²) in [4.78, 5) is 0. The van der Waals surface area contributed by atoms with E-state index in [9.17, 15) is 0 Å². The number of hydrogen-bond donors (Lipinski definition) is 1. The summed E-state index contributed by atoms with van der Waals surface area (Å²) in [7, 11) is 1.69. The van der Waals surface area contributed by atoms with Gasteiger partial charge in [0.05, 0.1) is 6.10 Å². The molecule has 0 amide bonds. The van der Waals surface area contributed by atoms with Gasteiger partial charge >= 0.3 is 0 Å². The van der Waals surface area contributed by atoms with Gasteiger partial charge in [-0.3, -0.25) is 0 Å². The van der Waals surface area contributed by atoms with Crippen molar-refractivity contribution in [2.75, 3.05) is 7.11 Å². The molecule has 0 heterocycles. The zero-order valence-corrected chi connectivity index (χ0v) is 3.85. The Balaban J connectivity index is 2.09. The van der Waals surface area contributed by atoms with Gasteiger partial charge in [0, 0.05) is 13.2 Å². The summed E-state index contributed by atoms with van der Waals surface area (Å²) in [6.45, 7) is 0. The number of rotatable bonds is 1. The molecule has 2 atom stereocenters. The van der Waals surface area contributed by atoms with Crippen LogP contribution in [0.15, 0.2) is 0 Å². The molecule has 1 aliphatic rings. The molecule has 0 unspecified atom stereocenters. The molecule has 0 radical (unpaired) electrons. The molecule has 2 heteroatoms. The molecule has 0 saturated heterocycles. The van der Waals surface area contributed by atoms with Crippen LogP contribution in [0, 0.1) is 0 Å². The molecule has 2 N–H and O–H groups in total. The van der Waals surface area contributed by atoms with Gasteiger partial charge in [-0.2, -0.15) is 0 Å². The van der Waals surface area contributed by atoms with Crippen molar-refractivity contribution in [3.05, 3.63) is 0 Å². The van der Waals surface area contributed by atoms with E-state index >= 15 is 0 Å². The van der Waals surface area contributed by atoms with Crippen molar-refractivity contribution < 1.29 is 4.74 Å². The first-order valence-corrected chi connectivity index (χ1v) is 2.13. The average Bonchev–Trinajstić information content (AvgIpc) is 2.19. The third-order valence-corrected chi connectivity index (χ3v) is 1.08. The molecule has 2 nitrogen and oxygen atoms in total. The van der Waals surface area contributed by atoms with Crippen LogP contribution in [0.1, 0.15) is 6.42 Å². The van der Waals surface area contributed by atoms with Crippen LogP contribution in [0.2, 0.25) is 0 Å². The van der Waals surface area contributed by atoms with Crippen molar-refractivity contribution in [1.82, 2.24) is 0 Å². The summed E-state index contributed by atoms with van der Waals surface area (Å²) in [5.41, 5.74) is 5.35. The quantitative estimate of drug-likeness (QED) is 0.478. The second kappa shape index (κ2) is 1.21. The van der Waals surface area contributed by atoms with Gasteiger partial charge in [0.25, 0.3) is 0 Å². The molecule has 0 aromatic rings. The molecule has 36 valence electrons. The van der Waals surface area contributed by atoms with Crippen LogP contribution in [0.3, 0.4) is 0 Å². The van der Waals surface area contributed by atoms with Gasteiger partial charge in [-0.15, -0.1) is 0 Å². The van der Waals surface area contributed by atoms with Gasteiger partial charge in [0.1, 0.15) is 0 Å². The van der Waals surface area contributed by atoms with Crippen molar-refractivity contribution in [1.29, 1.82) is 0 Å². The van der Waals surface area contributed by atoms with Crippen LogP contribution in [0.5, 0.6) is 0 Å². The van der Waals surface area contributed by atoms with Gasteiger partial charge < -0.3 is 10.5 Å². The maximum Gasteiger partial charge on any atom is 0.0738 e. The SMILES string of the molecule is CO[C@@H]1C[C@H]1N. The molecular formula is C4H9NO. The maximum atomic E-state index is 5.35. The highest BCUT2D eigenvalue weighted by Crippen LogP contribution is 2.20. The van der Waals surface area contributed by atoms with Crippen LogP contribution < -0.4 is 5.73 Å². The van der Waals surface area contributed by atoms with Gasteiger partial charge in [-0.25, -0.2) is 0 Å². The largest absolute Gasteiger partial charge is 0.380 e. The zero-order chi connectivity index (χ0) is 4.57. The molecular weight excluding hydrogens is 78.0 g/mol. The van der Waals surface area contributed by atoms with Crippen molar-refractivity contribution >= 4 is 0 Å². The normalized spacial score (nSPS) is 43.0. The Morgan fingerprint density at radius 3 is 2.33 bits per heavy atom. The predicted molar refractivity (Wildman–Crippen MR) is 23.4 cm³/mol. The highest BCUT2D eigenvalue weighted by atomic mass is 16.5. The Morgan fingerprint density at radius 1 is 1.83 bits per heavy atom. The van der Waals surface area contributed by atoms with Crippen LogP contribution in [-0.2, 0) is 4.74 Å². The molecule has 0 aliphatic heterocycles. The fourth-order valence-corrected chi connectivity index (χ4v) is 0.461. The van der Waals surface area contributed by atoms with Gasteiger partial charge in [-0.1, -0.05) is 0 Å². The van der Waals surface area contributed by atoms with Gasteiger partial charge in [0.2, 0.25) is 0 Å². The summed E-state index contributed by atoms with van der Waals surface area (Å²) < 4.78 is 4.85. The van der Waals surface area contributed by atoms with E-state index < -0.39 is 0 Å². The standard InChI is InChI=1S/C4H9NO/c1-6-4-2-3(4)5/h3-4H,2,5H2,1H3/t3-,4-/m1/s1. The summed E-state index contributed by atoms with van der Waals surface area (Å²) in [6, 6.07) is 0.343. The van der Waals surface area contributed by atoms with E-state index in [4.69, 9.17) is 10.5 Å². The highest BCUT2D eigenvalue weighted by molar-refractivity contribution is 4.90. The molecule has 1 saturated carbocycles. The lowest BCUT2D eigenvalue weighted by Crippen LogP contribution is -2.05. The average molecular weight is 87.1 g/mol. The first-order valence-electron chi connectivity index (χ1n) is 2.13. The Labute approximate surface area is 37.3 Å². The van der Waals surface area contributed by atoms with Crippen molar-refractivity contribution in [3.8, 4) is 0 Å². The Bertz CT molecular complexity index is 53.5. The number of hydrogen-bond acceptors (Lipinski definition) is 2. The number of ether oxygens (including phenoxy) is 1. The molecule has 6 heavy (non-hydrogen) atoms. The van der Waals surface area contributed by atoms with Crippen molar-refractivity contribution in [2.24, 2.45) is 5.73 Å². The Hall–Kier alpha value is -0.0800. The third-order valence-electron chi connectivity index (χ3n) is 1.08. The summed E-state index contributed by atoms with van der Waals surface area (Å²) >= 11 is 0. The van der Waals surface area contributed by atoms with Crippen molar-refractivity contribution in [3.63, 3.8) is 0 Å². The zero-order valence-electron chi connectivity index (χ0n) is 3.85. The first kappa shape index (κ1) is 4.09. The lowest BCUT2D eigenvalue weighted by molar-refractivity contribution is 0.178. The first-order chi connectivity index (χ1) is 2.84. The highest BCUT2D eigenvalue weighted by Gasteiger charge is 2.32. The minimum Gasteiger partial charge on any atom is -0.380 e. The van der Waals surface area contributed by atoms with E-state index in [1.165, 1.54) is 0 Å². The molecule has 0 aromatic heterocycles. The molecule has 1 rings (SSSR count). The number of nitrogens with two attached hydrogens (primary N) is 1. The van der Waals surface area contributed by atoms with Gasteiger partial charge in [0.15, 0.2) is 0 Å². The van der Waals surface area contributed by atoms with E-state index in [0.717, 1.165) is 6.42 Å². The molecule has 1 fully saturated rings. The minimum atomic E-state index is 0.343. The molecule has 0 aromatic carbocycles. The minimum absolute atomic E-state index is 0.343. The van der Waals surface area contributed by atoms with E-state index in [-0.39, 0.29) is 0 Å². The predicted octanol–water partition coefficient (Wildman–Crippen LogP) is -0.268. The van der Waals surface area contributed by atoms with E-state index in [1.807, 2.05) is 0 Å². The topological polar surface area (TPSA) is 35.2 Å². The van der Waals surface area contributed by atoms with E-state index in [0.29, 0.717) is 12.1 Å². The monoisotopic (exact) mass is 87.1 g/mol. The van der Waals surface area contributed by atoms with Crippen LogP contribution in [0.25, 0.3) is 0 Å². The second-order valence-electron chi connectivity index (χ2n) is 1.67. The third kappa shape index (κ3) is 0.533. The van der Waals surface area contributed by atoms with Crippen LogP contribution >= 0.6 is 0 Å². The summed E-state index contributed by atoms with van der Waals surface area (Å²) in [5, 5.41) is 0. The molecule has 1 aliphatic carbocycles. The Kier molecular flexibility index (Phi) is 0.821. The van der Waals surface area contributed by atoms with E-state index in [2.05, 4.69) is 0 Å². The van der Waals surface area contributed by atoms with Crippen molar-refractivity contribution in [2.45, 2.75) is 18.6 Å². The second-order valence-corrected chi connectivity index (χ2v) is 1.67. The summed E-state index contributed by atoms with van der Waals surface area (Å²) in [5.74, 6) is 0.